The molecule has 106 valence electrons. The molecule has 0 amide bonds. The van der Waals surface area contributed by atoms with Gasteiger partial charge >= 0.3 is 0 Å². The van der Waals surface area contributed by atoms with Crippen LogP contribution in [-0.2, 0) is 0 Å². The van der Waals surface area contributed by atoms with Gasteiger partial charge in [0.05, 0.1) is 6.04 Å². The summed E-state index contributed by atoms with van der Waals surface area (Å²) in [6.07, 6.45) is 3.39. The first kappa shape index (κ1) is 13.4. The van der Waals surface area contributed by atoms with Crippen molar-refractivity contribution < 1.29 is 0 Å². The average Bonchev–Trinajstić information content (AvgIpc) is 3.16. The molecule has 0 radical (unpaired) electrons. The smallest absolute Gasteiger partial charge is 0.136 e. The van der Waals surface area contributed by atoms with E-state index in [1.807, 2.05) is 6.92 Å². The van der Waals surface area contributed by atoms with Gasteiger partial charge in [-0.25, -0.2) is 9.97 Å². The highest BCUT2D eigenvalue weighted by Gasteiger charge is 2.28. The van der Waals surface area contributed by atoms with Crippen molar-refractivity contribution in [1.82, 2.24) is 9.97 Å². The summed E-state index contributed by atoms with van der Waals surface area (Å²) in [5.41, 5.74) is 6.98. The van der Waals surface area contributed by atoms with Crippen LogP contribution in [0.3, 0.4) is 0 Å². The van der Waals surface area contributed by atoms with Crippen molar-refractivity contribution in [2.24, 2.45) is 0 Å². The SMILES string of the molecule is CCC(Nc1nc(C2CC2)nc(N)c1C)c1cccs1. The van der Waals surface area contributed by atoms with E-state index in [0.717, 1.165) is 23.6 Å². The largest absolute Gasteiger partial charge is 0.383 e. The molecule has 1 atom stereocenters. The van der Waals surface area contributed by atoms with Crippen molar-refractivity contribution >= 4 is 23.0 Å². The minimum atomic E-state index is 0.287. The fraction of sp³-hybridized carbons (Fsp3) is 0.467. The van der Waals surface area contributed by atoms with Gasteiger partial charge in [-0.15, -0.1) is 11.3 Å². The van der Waals surface area contributed by atoms with Gasteiger partial charge in [0.2, 0.25) is 0 Å². The van der Waals surface area contributed by atoms with Gasteiger partial charge in [0, 0.05) is 16.4 Å². The minimum absolute atomic E-state index is 0.287. The van der Waals surface area contributed by atoms with Crippen LogP contribution in [0.2, 0.25) is 0 Å². The van der Waals surface area contributed by atoms with Crippen LogP contribution < -0.4 is 11.1 Å². The molecule has 1 aliphatic rings. The van der Waals surface area contributed by atoms with Crippen LogP contribution in [0.1, 0.15) is 54.4 Å². The molecule has 3 rings (SSSR count). The second kappa shape index (κ2) is 5.40. The van der Waals surface area contributed by atoms with E-state index in [0.29, 0.717) is 11.7 Å². The first-order valence-corrected chi connectivity index (χ1v) is 8.01. The summed E-state index contributed by atoms with van der Waals surface area (Å²) in [5, 5.41) is 5.65. The maximum Gasteiger partial charge on any atom is 0.136 e. The Morgan fingerprint density at radius 2 is 2.25 bits per heavy atom. The van der Waals surface area contributed by atoms with Crippen LogP contribution >= 0.6 is 11.3 Å². The lowest BCUT2D eigenvalue weighted by Crippen LogP contribution is -2.13. The summed E-state index contributed by atoms with van der Waals surface area (Å²) in [5.74, 6) is 2.90. The number of nitrogens with two attached hydrogens (primary N) is 1. The van der Waals surface area contributed by atoms with E-state index in [4.69, 9.17) is 10.7 Å². The van der Waals surface area contributed by atoms with Crippen molar-refractivity contribution in [2.75, 3.05) is 11.1 Å². The number of thiophene rings is 1. The third-order valence-corrected chi connectivity index (χ3v) is 4.74. The Hall–Kier alpha value is -1.62. The first-order chi connectivity index (χ1) is 9.69. The molecule has 0 saturated heterocycles. The second-order valence-electron chi connectivity index (χ2n) is 5.34. The number of nitrogens with zero attached hydrogens (tertiary/aromatic N) is 2. The number of nitrogens with one attached hydrogen (secondary N) is 1. The number of aromatic nitrogens is 2. The number of anilines is 2. The van der Waals surface area contributed by atoms with Gasteiger partial charge in [-0.3, -0.25) is 0 Å². The van der Waals surface area contributed by atoms with Gasteiger partial charge in [0.15, 0.2) is 0 Å². The monoisotopic (exact) mass is 288 g/mol. The normalized spacial score (nSPS) is 16.1. The number of rotatable bonds is 5. The van der Waals surface area contributed by atoms with E-state index in [1.165, 1.54) is 17.7 Å². The number of nitrogen functional groups attached to an aromatic ring is 1. The van der Waals surface area contributed by atoms with Gasteiger partial charge in [0.1, 0.15) is 17.5 Å². The lowest BCUT2D eigenvalue weighted by Gasteiger charge is -2.19. The molecule has 5 heteroatoms. The Kier molecular flexibility index (Phi) is 3.61. The molecule has 0 aromatic carbocycles. The summed E-state index contributed by atoms with van der Waals surface area (Å²) in [4.78, 5) is 10.4. The topological polar surface area (TPSA) is 63.8 Å². The molecule has 2 aromatic heterocycles. The quantitative estimate of drug-likeness (QED) is 0.876. The molecule has 1 aliphatic carbocycles. The molecule has 0 bridgehead atoms. The summed E-state index contributed by atoms with van der Waals surface area (Å²) in [6, 6.07) is 4.53. The fourth-order valence-electron chi connectivity index (χ4n) is 2.25. The van der Waals surface area contributed by atoms with Crippen LogP contribution in [0.5, 0.6) is 0 Å². The summed E-state index contributed by atoms with van der Waals surface area (Å²) < 4.78 is 0. The van der Waals surface area contributed by atoms with E-state index in [9.17, 15) is 0 Å². The molecule has 1 unspecified atom stereocenters. The molecule has 20 heavy (non-hydrogen) atoms. The Morgan fingerprint density at radius 1 is 1.45 bits per heavy atom. The van der Waals surface area contributed by atoms with Crippen LogP contribution in [0.15, 0.2) is 17.5 Å². The van der Waals surface area contributed by atoms with Crippen molar-refractivity contribution in [3.63, 3.8) is 0 Å². The predicted octanol–water partition coefficient (Wildman–Crippen LogP) is 3.87. The highest BCUT2D eigenvalue weighted by Crippen LogP contribution is 2.39. The molecule has 1 fully saturated rings. The molecule has 3 N–H and O–H groups in total. The zero-order valence-corrected chi connectivity index (χ0v) is 12.7. The molecule has 2 heterocycles. The lowest BCUT2D eigenvalue weighted by molar-refractivity contribution is 0.753. The summed E-state index contributed by atoms with van der Waals surface area (Å²) >= 11 is 1.77. The zero-order chi connectivity index (χ0) is 14.1. The predicted molar refractivity (Wildman–Crippen MR) is 84.1 cm³/mol. The van der Waals surface area contributed by atoms with E-state index in [2.05, 4.69) is 34.7 Å². The highest BCUT2D eigenvalue weighted by atomic mass is 32.1. The number of hydrogen-bond acceptors (Lipinski definition) is 5. The molecule has 1 saturated carbocycles. The van der Waals surface area contributed by atoms with Crippen molar-refractivity contribution in [1.29, 1.82) is 0 Å². The Labute approximate surface area is 123 Å². The third-order valence-electron chi connectivity index (χ3n) is 3.75. The van der Waals surface area contributed by atoms with Crippen LogP contribution in [0.4, 0.5) is 11.6 Å². The van der Waals surface area contributed by atoms with Gasteiger partial charge < -0.3 is 11.1 Å². The first-order valence-electron chi connectivity index (χ1n) is 7.13. The van der Waals surface area contributed by atoms with E-state index >= 15 is 0 Å². The zero-order valence-electron chi connectivity index (χ0n) is 11.9. The molecule has 0 aliphatic heterocycles. The van der Waals surface area contributed by atoms with E-state index < -0.39 is 0 Å². The standard InChI is InChI=1S/C15H20N4S/c1-3-11(12-5-4-8-20-12)17-14-9(2)13(16)18-15(19-14)10-6-7-10/h4-5,8,10-11H,3,6-7H2,1-2H3,(H3,16,17,18,19). The summed E-state index contributed by atoms with van der Waals surface area (Å²) in [6.45, 7) is 4.16. The Morgan fingerprint density at radius 3 is 2.85 bits per heavy atom. The van der Waals surface area contributed by atoms with Crippen LogP contribution in [0.25, 0.3) is 0 Å². The Balaban J connectivity index is 1.89. The fourth-order valence-corrected chi connectivity index (χ4v) is 3.11. The Bertz CT molecular complexity index is 590. The van der Waals surface area contributed by atoms with Gasteiger partial charge in [-0.2, -0.15) is 0 Å². The maximum atomic E-state index is 6.03. The van der Waals surface area contributed by atoms with Crippen molar-refractivity contribution in [3.8, 4) is 0 Å². The van der Waals surface area contributed by atoms with E-state index in [-0.39, 0.29) is 6.04 Å². The van der Waals surface area contributed by atoms with E-state index in [1.54, 1.807) is 11.3 Å². The van der Waals surface area contributed by atoms with Gasteiger partial charge in [-0.05, 0) is 37.6 Å². The highest BCUT2D eigenvalue weighted by molar-refractivity contribution is 7.10. The molecular weight excluding hydrogens is 268 g/mol. The van der Waals surface area contributed by atoms with Crippen LogP contribution in [-0.4, -0.2) is 9.97 Å². The van der Waals surface area contributed by atoms with Gasteiger partial charge in [-0.1, -0.05) is 13.0 Å². The number of hydrogen-bond donors (Lipinski definition) is 2. The average molecular weight is 288 g/mol. The van der Waals surface area contributed by atoms with Crippen LogP contribution in [0, 0.1) is 6.92 Å². The minimum Gasteiger partial charge on any atom is -0.383 e. The maximum absolute atomic E-state index is 6.03. The second-order valence-corrected chi connectivity index (χ2v) is 6.31. The van der Waals surface area contributed by atoms with Crippen molar-refractivity contribution in [2.45, 2.75) is 45.1 Å². The molecule has 4 nitrogen and oxygen atoms in total. The van der Waals surface area contributed by atoms with Gasteiger partial charge in [0.25, 0.3) is 0 Å². The molecule has 2 aromatic rings. The lowest BCUT2D eigenvalue weighted by atomic mass is 10.1. The molecular formula is C15H20N4S. The summed E-state index contributed by atoms with van der Waals surface area (Å²) in [7, 11) is 0. The van der Waals surface area contributed by atoms with Crippen molar-refractivity contribution in [3.05, 3.63) is 33.8 Å². The third kappa shape index (κ3) is 2.63. The molecule has 0 spiro atoms.